The molecule has 0 saturated heterocycles. The highest BCUT2D eigenvalue weighted by molar-refractivity contribution is 5.78. The molecule has 2 heterocycles. The zero-order valence-electron chi connectivity index (χ0n) is 12.7. The van der Waals surface area contributed by atoms with E-state index < -0.39 is 5.97 Å². The van der Waals surface area contributed by atoms with E-state index in [0.717, 1.165) is 5.56 Å². The van der Waals surface area contributed by atoms with Crippen LogP contribution in [0.3, 0.4) is 0 Å². The van der Waals surface area contributed by atoms with Gasteiger partial charge in [0.1, 0.15) is 6.54 Å². The molecule has 0 aliphatic rings. The lowest BCUT2D eigenvalue weighted by molar-refractivity contribution is -0.137. The van der Waals surface area contributed by atoms with Crippen LogP contribution in [0, 0.1) is 0 Å². The summed E-state index contributed by atoms with van der Waals surface area (Å²) in [5.41, 5.74) is 8.49. The maximum Gasteiger partial charge on any atom is 0.323 e. The van der Waals surface area contributed by atoms with Crippen LogP contribution in [-0.2, 0) is 11.3 Å². The number of aliphatic carboxylic acids is 1. The van der Waals surface area contributed by atoms with Gasteiger partial charge in [0.05, 0.1) is 23.4 Å². The summed E-state index contributed by atoms with van der Waals surface area (Å²) in [6.07, 6.45) is 6.61. The highest BCUT2D eigenvalue weighted by atomic mass is 16.4. The van der Waals surface area contributed by atoms with Crippen molar-refractivity contribution in [1.82, 2.24) is 19.5 Å². The number of imidazole rings is 1. The molecule has 0 saturated carbocycles. The van der Waals surface area contributed by atoms with Gasteiger partial charge in [-0.3, -0.25) is 4.79 Å². The molecule has 0 radical (unpaired) electrons. The molecule has 3 aromatic rings. The summed E-state index contributed by atoms with van der Waals surface area (Å²) in [5, 5.41) is 9.08. The molecule has 3 N–H and O–H groups in total. The van der Waals surface area contributed by atoms with Gasteiger partial charge in [-0.2, -0.15) is 0 Å². The zero-order chi connectivity index (χ0) is 16.9. The molecule has 0 bridgehead atoms. The van der Waals surface area contributed by atoms with Gasteiger partial charge in [-0.05, 0) is 18.2 Å². The van der Waals surface area contributed by atoms with Gasteiger partial charge >= 0.3 is 5.97 Å². The predicted octanol–water partition coefficient (Wildman–Crippen LogP) is 2.18. The Balaban J connectivity index is 2.03. The zero-order valence-corrected chi connectivity index (χ0v) is 12.7. The monoisotopic (exact) mass is 321 g/mol. The third kappa shape index (κ3) is 3.46. The molecule has 120 valence electrons. The predicted molar refractivity (Wildman–Crippen MR) is 90.7 cm³/mol. The van der Waals surface area contributed by atoms with Gasteiger partial charge in [-0.1, -0.05) is 30.3 Å². The molecule has 7 heteroatoms. The van der Waals surface area contributed by atoms with Gasteiger partial charge in [0.15, 0.2) is 0 Å². The fourth-order valence-corrected chi connectivity index (χ4v) is 2.30. The molecular weight excluding hydrogens is 306 g/mol. The van der Waals surface area contributed by atoms with Crippen molar-refractivity contribution in [3.8, 4) is 11.3 Å². The number of nitrogen functional groups attached to an aromatic ring is 1. The number of hydrogen-bond donors (Lipinski definition) is 2. The summed E-state index contributed by atoms with van der Waals surface area (Å²) in [4.78, 5) is 23.4. The largest absolute Gasteiger partial charge is 0.480 e. The molecule has 0 amide bonds. The van der Waals surface area contributed by atoms with E-state index in [9.17, 15) is 4.79 Å². The number of benzene rings is 1. The fraction of sp³-hybridized carbons (Fsp3) is 0.0588. The van der Waals surface area contributed by atoms with E-state index in [1.54, 1.807) is 29.0 Å². The van der Waals surface area contributed by atoms with Crippen LogP contribution in [0.1, 0.15) is 11.4 Å². The Labute approximate surface area is 138 Å². The van der Waals surface area contributed by atoms with Gasteiger partial charge in [-0.15, -0.1) is 0 Å². The van der Waals surface area contributed by atoms with Crippen LogP contribution in [-0.4, -0.2) is 30.6 Å². The minimum Gasteiger partial charge on any atom is -0.480 e. The van der Waals surface area contributed by atoms with Gasteiger partial charge in [0.2, 0.25) is 5.95 Å². The summed E-state index contributed by atoms with van der Waals surface area (Å²) >= 11 is 0. The Morgan fingerprint density at radius 1 is 1.17 bits per heavy atom. The van der Waals surface area contributed by atoms with Crippen LogP contribution >= 0.6 is 0 Å². The standard InChI is InChI=1S/C17H15N5O2/c18-17-19-9-8-13(21-17)6-7-14-16(12-4-2-1-3-5-12)20-11-22(14)10-15(23)24/h1-9,11H,10H2,(H,23,24)(H2,18,19,21). The molecule has 0 fully saturated rings. The molecule has 0 unspecified atom stereocenters. The number of carboxylic acid groups (broad SMARTS) is 1. The summed E-state index contributed by atoms with van der Waals surface area (Å²) in [5.74, 6) is -0.757. The van der Waals surface area contributed by atoms with Crippen LogP contribution in [0.5, 0.6) is 0 Å². The molecule has 2 aromatic heterocycles. The molecule has 0 aliphatic heterocycles. The maximum absolute atomic E-state index is 11.1. The van der Waals surface area contributed by atoms with E-state index in [2.05, 4.69) is 15.0 Å². The number of rotatable bonds is 5. The van der Waals surface area contributed by atoms with E-state index in [1.165, 1.54) is 6.33 Å². The summed E-state index contributed by atoms with van der Waals surface area (Å²) in [7, 11) is 0. The van der Waals surface area contributed by atoms with Crippen molar-refractivity contribution in [2.24, 2.45) is 0 Å². The van der Waals surface area contributed by atoms with E-state index in [0.29, 0.717) is 17.1 Å². The van der Waals surface area contributed by atoms with Gasteiger partial charge < -0.3 is 15.4 Å². The van der Waals surface area contributed by atoms with E-state index in [1.807, 2.05) is 30.3 Å². The fourth-order valence-electron chi connectivity index (χ4n) is 2.30. The van der Waals surface area contributed by atoms with Gasteiger partial charge in [-0.25, -0.2) is 15.0 Å². The second-order valence-electron chi connectivity index (χ2n) is 5.04. The number of nitrogens with two attached hydrogens (primary N) is 1. The molecule has 24 heavy (non-hydrogen) atoms. The second-order valence-corrected chi connectivity index (χ2v) is 5.04. The first-order chi connectivity index (χ1) is 11.6. The number of carbonyl (C=O) groups is 1. The first-order valence-electron chi connectivity index (χ1n) is 7.22. The minimum atomic E-state index is -0.937. The smallest absolute Gasteiger partial charge is 0.323 e. The maximum atomic E-state index is 11.1. The Kier molecular flexibility index (Phi) is 4.33. The Morgan fingerprint density at radius 3 is 2.67 bits per heavy atom. The minimum absolute atomic E-state index is 0.175. The SMILES string of the molecule is Nc1nccc(C=Cc2c(-c3ccccc3)ncn2CC(=O)O)n1. The third-order valence-electron chi connectivity index (χ3n) is 3.34. The molecule has 0 aliphatic carbocycles. The Morgan fingerprint density at radius 2 is 1.96 bits per heavy atom. The molecule has 7 nitrogen and oxygen atoms in total. The summed E-state index contributed by atoms with van der Waals surface area (Å²) in [6.45, 7) is -0.175. The Bertz CT molecular complexity index is 887. The van der Waals surface area contributed by atoms with E-state index in [-0.39, 0.29) is 12.5 Å². The van der Waals surface area contributed by atoms with Crippen LogP contribution in [0.15, 0.2) is 48.9 Å². The lowest BCUT2D eigenvalue weighted by Gasteiger charge is -2.04. The lowest BCUT2D eigenvalue weighted by atomic mass is 10.1. The number of aromatic nitrogens is 4. The van der Waals surface area contributed by atoms with Crippen molar-refractivity contribution in [2.45, 2.75) is 6.54 Å². The van der Waals surface area contributed by atoms with Gasteiger partial charge in [0, 0.05) is 11.8 Å². The number of hydrogen-bond acceptors (Lipinski definition) is 5. The van der Waals surface area contributed by atoms with E-state index in [4.69, 9.17) is 10.8 Å². The van der Waals surface area contributed by atoms with Crippen LogP contribution in [0.4, 0.5) is 5.95 Å². The van der Waals surface area contributed by atoms with Crippen molar-refractivity contribution in [3.05, 3.63) is 60.3 Å². The average molecular weight is 321 g/mol. The van der Waals surface area contributed by atoms with Crippen LogP contribution in [0.25, 0.3) is 23.4 Å². The molecule has 1 aromatic carbocycles. The number of anilines is 1. The van der Waals surface area contributed by atoms with Crippen molar-refractivity contribution in [2.75, 3.05) is 5.73 Å². The summed E-state index contributed by atoms with van der Waals surface area (Å²) < 4.78 is 1.58. The number of nitrogens with zero attached hydrogens (tertiary/aromatic N) is 4. The average Bonchev–Trinajstić information content (AvgIpc) is 2.96. The van der Waals surface area contributed by atoms with Crippen molar-refractivity contribution in [3.63, 3.8) is 0 Å². The Hall–Kier alpha value is -3.48. The van der Waals surface area contributed by atoms with Crippen LogP contribution < -0.4 is 5.73 Å². The highest BCUT2D eigenvalue weighted by Gasteiger charge is 2.12. The van der Waals surface area contributed by atoms with Crippen molar-refractivity contribution >= 4 is 24.1 Å². The topological polar surface area (TPSA) is 107 Å². The first-order valence-corrected chi connectivity index (χ1v) is 7.22. The van der Waals surface area contributed by atoms with Crippen molar-refractivity contribution in [1.29, 1.82) is 0 Å². The quantitative estimate of drug-likeness (QED) is 0.746. The van der Waals surface area contributed by atoms with E-state index >= 15 is 0 Å². The van der Waals surface area contributed by atoms with Crippen molar-refractivity contribution < 1.29 is 9.90 Å². The highest BCUT2D eigenvalue weighted by Crippen LogP contribution is 2.24. The number of carboxylic acids is 1. The van der Waals surface area contributed by atoms with Crippen LogP contribution in [0.2, 0.25) is 0 Å². The molecular formula is C17H15N5O2. The molecule has 0 spiro atoms. The summed E-state index contributed by atoms with van der Waals surface area (Å²) in [6, 6.07) is 11.3. The second kappa shape index (κ2) is 6.74. The lowest BCUT2D eigenvalue weighted by Crippen LogP contribution is -2.09. The first kappa shape index (κ1) is 15.4. The molecule has 0 atom stereocenters. The third-order valence-corrected chi connectivity index (χ3v) is 3.34. The molecule has 3 rings (SSSR count). The van der Waals surface area contributed by atoms with Gasteiger partial charge in [0.25, 0.3) is 0 Å². The normalized spacial score (nSPS) is 11.0.